The summed E-state index contributed by atoms with van der Waals surface area (Å²) in [6.45, 7) is 4.16. The third-order valence-corrected chi connectivity index (χ3v) is 4.74. The van der Waals surface area contributed by atoms with Crippen LogP contribution in [-0.2, 0) is 10.3 Å². The van der Waals surface area contributed by atoms with E-state index in [0.717, 1.165) is 35.4 Å². The van der Waals surface area contributed by atoms with Crippen LogP contribution in [0, 0.1) is 6.92 Å². The van der Waals surface area contributed by atoms with Crippen LogP contribution < -0.4 is 5.32 Å². The molecular formula is C18H20ClN3O2. The highest BCUT2D eigenvalue weighted by Gasteiger charge is 2.41. The highest BCUT2D eigenvalue weighted by atomic mass is 35.5. The molecule has 0 aliphatic heterocycles. The van der Waals surface area contributed by atoms with Gasteiger partial charge in [0.1, 0.15) is 0 Å². The Morgan fingerprint density at radius 3 is 2.58 bits per heavy atom. The Morgan fingerprint density at radius 2 is 2.04 bits per heavy atom. The van der Waals surface area contributed by atoms with Gasteiger partial charge in [-0.1, -0.05) is 23.7 Å². The van der Waals surface area contributed by atoms with Gasteiger partial charge in [0.15, 0.2) is 0 Å². The van der Waals surface area contributed by atoms with Gasteiger partial charge in [0, 0.05) is 17.4 Å². The zero-order chi connectivity index (χ0) is 17.2. The van der Waals surface area contributed by atoms with E-state index in [0.29, 0.717) is 18.1 Å². The van der Waals surface area contributed by atoms with E-state index in [1.54, 1.807) is 6.92 Å². The van der Waals surface area contributed by atoms with Gasteiger partial charge in [-0.25, -0.2) is 14.8 Å². The zero-order valence-corrected chi connectivity index (χ0v) is 14.6. The average molecular weight is 346 g/mol. The maximum atomic E-state index is 11.7. The number of aryl methyl sites for hydroxylation is 1. The van der Waals surface area contributed by atoms with Crippen LogP contribution in [0.25, 0.3) is 0 Å². The van der Waals surface area contributed by atoms with E-state index >= 15 is 0 Å². The van der Waals surface area contributed by atoms with E-state index in [1.807, 2.05) is 12.1 Å². The second-order valence-corrected chi connectivity index (χ2v) is 6.42. The summed E-state index contributed by atoms with van der Waals surface area (Å²) in [6.07, 6.45) is 6.04. The maximum absolute atomic E-state index is 11.7. The standard InChI is InChI=1S/C18H20ClN3O2/c1-3-24-16(23)13-10-20-17(21-11-13)22-18(8-5-9-18)15-12(2)6-4-7-14(15)19/h4,6-7,10-11H,3,5,8-9H2,1-2H3,(H,20,21,22). The lowest BCUT2D eigenvalue weighted by atomic mass is 9.70. The molecule has 1 aliphatic carbocycles. The summed E-state index contributed by atoms with van der Waals surface area (Å²) in [7, 11) is 0. The third-order valence-electron chi connectivity index (χ3n) is 4.42. The summed E-state index contributed by atoms with van der Waals surface area (Å²) in [6, 6.07) is 5.93. The number of hydrogen-bond donors (Lipinski definition) is 1. The molecule has 3 rings (SSSR count). The lowest BCUT2D eigenvalue weighted by Gasteiger charge is -2.44. The first-order chi connectivity index (χ1) is 11.6. The molecule has 5 nitrogen and oxygen atoms in total. The lowest BCUT2D eigenvalue weighted by Crippen LogP contribution is -2.43. The van der Waals surface area contributed by atoms with Crippen molar-refractivity contribution in [3.05, 3.63) is 52.3 Å². The third kappa shape index (κ3) is 3.08. The predicted octanol–water partition coefficient (Wildman–Crippen LogP) is 4.11. The quantitative estimate of drug-likeness (QED) is 0.826. The smallest absolute Gasteiger partial charge is 0.341 e. The number of esters is 1. The van der Waals surface area contributed by atoms with E-state index < -0.39 is 5.97 Å². The molecular weight excluding hydrogens is 326 g/mol. The van der Waals surface area contributed by atoms with Crippen LogP contribution >= 0.6 is 11.6 Å². The summed E-state index contributed by atoms with van der Waals surface area (Å²) in [5, 5.41) is 4.18. The van der Waals surface area contributed by atoms with Crippen molar-refractivity contribution in [2.45, 2.75) is 38.6 Å². The minimum absolute atomic E-state index is 0.242. The van der Waals surface area contributed by atoms with Crippen molar-refractivity contribution in [2.75, 3.05) is 11.9 Å². The van der Waals surface area contributed by atoms with E-state index in [9.17, 15) is 4.79 Å². The number of halogens is 1. The first kappa shape index (κ1) is 16.7. The van der Waals surface area contributed by atoms with Crippen LogP contribution in [0.5, 0.6) is 0 Å². The SMILES string of the molecule is CCOC(=O)c1cnc(NC2(c3c(C)cccc3Cl)CCC2)nc1. The molecule has 1 aliphatic rings. The number of carbonyl (C=O) groups excluding carboxylic acids is 1. The maximum Gasteiger partial charge on any atom is 0.341 e. The van der Waals surface area contributed by atoms with Gasteiger partial charge in [0.25, 0.3) is 0 Å². The second kappa shape index (κ2) is 6.77. The molecule has 0 atom stereocenters. The Kier molecular flexibility index (Phi) is 4.71. The second-order valence-electron chi connectivity index (χ2n) is 6.01. The molecule has 0 spiro atoms. The Balaban J connectivity index is 1.85. The van der Waals surface area contributed by atoms with Crippen molar-refractivity contribution in [3.8, 4) is 0 Å². The molecule has 0 amide bonds. The summed E-state index contributed by atoms with van der Waals surface area (Å²) in [5.41, 5.74) is 2.36. The minimum atomic E-state index is -0.413. The number of anilines is 1. The average Bonchev–Trinajstić information content (AvgIpc) is 2.53. The normalized spacial score (nSPS) is 15.5. The molecule has 6 heteroatoms. The van der Waals surface area contributed by atoms with Crippen LogP contribution in [0.1, 0.15) is 47.7 Å². The van der Waals surface area contributed by atoms with E-state index in [1.165, 1.54) is 12.4 Å². The van der Waals surface area contributed by atoms with Gasteiger partial charge >= 0.3 is 5.97 Å². The molecule has 24 heavy (non-hydrogen) atoms. The highest BCUT2D eigenvalue weighted by molar-refractivity contribution is 6.31. The molecule has 0 radical (unpaired) electrons. The molecule has 1 fully saturated rings. The number of ether oxygens (including phenoxy) is 1. The predicted molar refractivity (Wildman–Crippen MR) is 93.3 cm³/mol. The van der Waals surface area contributed by atoms with Crippen molar-refractivity contribution in [3.63, 3.8) is 0 Å². The number of nitrogens with zero attached hydrogens (tertiary/aromatic N) is 2. The first-order valence-corrected chi connectivity index (χ1v) is 8.46. The fourth-order valence-electron chi connectivity index (χ4n) is 3.13. The van der Waals surface area contributed by atoms with Gasteiger partial charge < -0.3 is 10.1 Å². The van der Waals surface area contributed by atoms with Gasteiger partial charge in [-0.3, -0.25) is 0 Å². The summed E-state index contributed by atoms with van der Waals surface area (Å²) in [5.74, 6) is 0.0754. The van der Waals surface area contributed by atoms with Crippen molar-refractivity contribution in [2.24, 2.45) is 0 Å². The fourth-order valence-corrected chi connectivity index (χ4v) is 3.53. The van der Waals surface area contributed by atoms with E-state index in [2.05, 4.69) is 28.3 Å². The minimum Gasteiger partial charge on any atom is -0.462 e. The first-order valence-electron chi connectivity index (χ1n) is 8.09. The number of rotatable bonds is 5. The number of carbonyl (C=O) groups is 1. The van der Waals surface area contributed by atoms with Crippen LogP contribution in [0.3, 0.4) is 0 Å². The Bertz CT molecular complexity index is 722. The van der Waals surface area contributed by atoms with E-state index in [-0.39, 0.29) is 5.54 Å². The van der Waals surface area contributed by atoms with Crippen molar-refractivity contribution >= 4 is 23.5 Å². The van der Waals surface area contributed by atoms with Gasteiger partial charge in [0.2, 0.25) is 5.95 Å². The molecule has 1 aromatic carbocycles. The van der Waals surface area contributed by atoms with Crippen molar-refractivity contribution in [1.29, 1.82) is 0 Å². The van der Waals surface area contributed by atoms with Crippen LogP contribution in [0.2, 0.25) is 5.02 Å². The summed E-state index contributed by atoms with van der Waals surface area (Å²) in [4.78, 5) is 20.2. The Labute approximate surface area is 146 Å². The molecule has 1 heterocycles. The van der Waals surface area contributed by atoms with Crippen LogP contribution in [-0.4, -0.2) is 22.5 Å². The molecule has 2 aromatic rings. The Hall–Kier alpha value is -2.14. The number of aromatic nitrogens is 2. The fraction of sp³-hybridized carbons (Fsp3) is 0.389. The highest BCUT2D eigenvalue weighted by Crippen LogP contribution is 2.47. The topological polar surface area (TPSA) is 64.1 Å². The van der Waals surface area contributed by atoms with Crippen LogP contribution in [0.4, 0.5) is 5.95 Å². The molecule has 1 saturated carbocycles. The number of hydrogen-bond acceptors (Lipinski definition) is 5. The van der Waals surface area contributed by atoms with Crippen LogP contribution in [0.15, 0.2) is 30.6 Å². The van der Waals surface area contributed by atoms with Gasteiger partial charge in [0.05, 0.1) is 17.7 Å². The van der Waals surface area contributed by atoms with Gasteiger partial charge in [-0.2, -0.15) is 0 Å². The molecule has 126 valence electrons. The zero-order valence-electron chi connectivity index (χ0n) is 13.8. The Morgan fingerprint density at radius 1 is 1.33 bits per heavy atom. The van der Waals surface area contributed by atoms with Gasteiger partial charge in [-0.15, -0.1) is 0 Å². The molecule has 0 unspecified atom stereocenters. The summed E-state index contributed by atoms with van der Waals surface area (Å²) >= 11 is 6.45. The number of benzene rings is 1. The molecule has 1 N–H and O–H groups in total. The van der Waals surface area contributed by atoms with Crippen molar-refractivity contribution < 1.29 is 9.53 Å². The monoisotopic (exact) mass is 345 g/mol. The van der Waals surface area contributed by atoms with Crippen molar-refractivity contribution in [1.82, 2.24) is 9.97 Å². The molecule has 0 bridgehead atoms. The van der Waals surface area contributed by atoms with Gasteiger partial charge in [-0.05, 0) is 50.3 Å². The number of nitrogens with one attached hydrogen (secondary N) is 1. The lowest BCUT2D eigenvalue weighted by molar-refractivity contribution is 0.0525. The summed E-state index contributed by atoms with van der Waals surface area (Å²) < 4.78 is 4.95. The molecule has 1 aromatic heterocycles. The molecule has 0 saturated heterocycles. The van der Waals surface area contributed by atoms with E-state index in [4.69, 9.17) is 16.3 Å². The largest absolute Gasteiger partial charge is 0.462 e.